The molecule has 0 saturated carbocycles. The van der Waals surface area contributed by atoms with E-state index in [-0.39, 0.29) is 5.25 Å². The van der Waals surface area contributed by atoms with E-state index in [1.54, 1.807) is 0 Å². The molecule has 1 aromatic rings. The molecule has 0 aromatic carbocycles. The normalized spacial score (nSPS) is 35.7. The Morgan fingerprint density at radius 3 is 3.08 bits per heavy atom. The molecular formula is C8H11NOS2. The molecule has 0 bridgehead atoms. The van der Waals surface area contributed by atoms with Gasteiger partial charge in [0.1, 0.15) is 5.60 Å². The highest BCUT2D eigenvalue weighted by Crippen LogP contribution is 2.42. The Hall–Kier alpha value is -0.0600. The Morgan fingerprint density at radius 2 is 2.58 bits per heavy atom. The topological polar surface area (TPSA) is 33.1 Å². The third-order valence-electron chi connectivity index (χ3n) is 2.40. The van der Waals surface area contributed by atoms with Gasteiger partial charge in [-0.1, -0.05) is 6.92 Å². The fraction of sp³-hybridized carbons (Fsp3) is 0.625. The third-order valence-corrected chi connectivity index (χ3v) is 4.29. The van der Waals surface area contributed by atoms with Gasteiger partial charge in [0.2, 0.25) is 0 Å². The fourth-order valence-corrected chi connectivity index (χ4v) is 3.38. The van der Waals surface area contributed by atoms with Crippen LogP contribution in [0.1, 0.15) is 19.0 Å². The standard InChI is InChI=1S/C8H11NOS2/c1-6-8(10,3-5-11-6)7-2-4-12-9-7/h2,4,6,10H,3,5H2,1H3. The number of aromatic nitrogens is 1. The zero-order chi connectivity index (χ0) is 8.60. The fourth-order valence-electron chi connectivity index (χ4n) is 1.50. The van der Waals surface area contributed by atoms with Crippen molar-refractivity contribution in [2.24, 2.45) is 0 Å². The molecule has 12 heavy (non-hydrogen) atoms. The summed E-state index contributed by atoms with van der Waals surface area (Å²) in [5.41, 5.74) is 0.190. The van der Waals surface area contributed by atoms with Crippen molar-refractivity contribution in [2.45, 2.75) is 24.2 Å². The molecule has 2 atom stereocenters. The monoisotopic (exact) mass is 201 g/mol. The Morgan fingerprint density at radius 1 is 1.75 bits per heavy atom. The number of thioether (sulfide) groups is 1. The molecule has 66 valence electrons. The van der Waals surface area contributed by atoms with Gasteiger partial charge >= 0.3 is 0 Å². The lowest BCUT2D eigenvalue weighted by Crippen LogP contribution is -2.31. The van der Waals surface area contributed by atoms with E-state index in [1.807, 2.05) is 23.2 Å². The van der Waals surface area contributed by atoms with E-state index in [9.17, 15) is 5.11 Å². The van der Waals surface area contributed by atoms with Crippen molar-refractivity contribution in [2.75, 3.05) is 5.75 Å². The third kappa shape index (κ3) is 1.18. The highest BCUT2D eigenvalue weighted by atomic mass is 32.2. The summed E-state index contributed by atoms with van der Waals surface area (Å²) in [4.78, 5) is 0. The van der Waals surface area contributed by atoms with E-state index in [4.69, 9.17) is 0 Å². The summed E-state index contributed by atoms with van der Waals surface area (Å²) in [6.45, 7) is 2.07. The average Bonchev–Trinajstić information content (AvgIpc) is 2.62. The van der Waals surface area contributed by atoms with Crippen LogP contribution in [0.3, 0.4) is 0 Å². The van der Waals surface area contributed by atoms with Gasteiger partial charge in [-0.3, -0.25) is 0 Å². The van der Waals surface area contributed by atoms with Gasteiger partial charge in [0.15, 0.2) is 0 Å². The second kappa shape index (κ2) is 3.01. The van der Waals surface area contributed by atoms with Crippen molar-refractivity contribution in [3.05, 3.63) is 17.1 Å². The minimum absolute atomic E-state index is 0.277. The van der Waals surface area contributed by atoms with Crippen molar-refractivity contribution in [3.8, 4) is 0 Å². The molecule has 0 radical (unpaired) electrons. The van der Waals surface area contributed by atoms with Gasteiger partial charge in [-0.15, -0.1) is 0 Å². The minimum atomic E-state index is -0.662. The van der Waals surface area contributed by atoms with E-state index in [0.717, 1.165) is 17.9 Å². The molecule has 1 aliphatic heterocycles. The zero-order valence-corrected chi connectivity index (χ0v) is 8.49. The van der Waals surface area contributed by atoms with Crippen LogP contribution >= 0.6 is 23.3 Å². The predicted molar refractivity (Wildman–Crippen MR) is 52.5 cm³/mol. The first-order valence-electron chi connectivity index (χ1n) is 3.98. The predicted octanol–water partition coefficient (Wildman–Crippen LogP) is 1.86. The molecule has 0 spiro atoms. The van der Waals surface area contributed by atoms with Crippen molar-refractivity contribution in [1.29, 1.82) is 0 Å². The lowest BCUT2D eigenvalue weighted by Gasteiger charge is -2.24. The zero-order valence-electron chi connectivity index (χ0n) is 6.86. The molecular weight excluding hydrogens is 190 g/mol. The molecule has 4 heteroatoms. The van der Waals surface area contributed by atoms with Gasteiger partial charge in [-0.05, 0) is 29.8 Å². The summed E-state index contributed by atoms with van der Waals surface area (Å²) in [6, 6.07) is 1.92. The molecule has 2 unspecified atom stereocenters. The summed E-state index contributed by atoms with van der Waals surface area (Å²) in [5.74, 6) is 1.04. The second-order valence-electron chi connectivity index (χ2n) is 3.07. The van der Waals surface area contributed by atoms with Crippen LogP contribution in [0.25, 0.3) is 0 Å². The van der Waals surface area contributed by atoms with Gasteiger partial charge in [0, 0.05) is 10.6 Å². The van der Waals surface area contributed by atoms with Crippen LogP contribution in [-0.4, -0.2) is 20.5 Å². The minimum Gasteiger partial charge on any atom is -0.382 e. The van der Waals surface area contributed by atoms with Crippen molar-refractivity contribution in [3.63, 3.8) is 0 Å². The van der Waals surface area contributed by atoms with Crippen LogP contribution < -0.4 is 0 Å². The molecule has 1 aromatic heterocycles. The Kier molecular flexibility index (Phi) is 2.14. The quantitative estimate of drug-likeness (QED) is 0.753. The van der Waals surface area contributed by atoms with E-state index < -0.39 is 5.60 Å². The number of aliphatic hydroxyl groups is 1. The molecule has 1 aliphatic rings. The Bertz CT molecular complexity index is 262. The molecule has 1 N–H and O–H groups in total. The molecule has 2 heterocycles. The summed E-state index contributed by atoms with van der Waals surface area (Å²) in [5, 5.41) is 12.4. The first kappa shape index (κ1) is 8.53. The van der Waals surface area contributed by atoms with Crippen LogP contribution in [0, 0.1) is 0 Å². The first-order chi connectivity index (χ1) is 5.73. The summed E-state index contributed by atoms with van der Waals surface area (Å²) >= 11 is 3.22. The number of hydrogen-bond acceptors (Lipinski definition) is 4. The van der Waals surface area contributed by atoms with Crippen LogP contribution in [0.5, 0.6) is 0 Å². The van der Waals surface area contributed by atoms with Gasteiger partial charge < -0.3 is 5.11 Å². The molecule has 1 saturated heterocycles. The molecule has 2 nitrogen and oxygen atoms in total. The number of nitrogens with zero attached hydrogens (tertiary/aromatic N) is 1. The maximum Gasteiger partial charge on any atom is 0.120 e. The maximum absolute atomic E-state index is 10.2. The lowest BCUT2D eigenvalue weighted by molar-refractivity contribution is 0.0392. The average molecular weight is 201 g/mol. The van der Waals surface area contributed by atoms with Crippen molar-refractivity contribution < 1.29 is 5.11 Å². The summed E-state index contributed by atoms with van der Waals surface area (Å²) < 4.78 is 4.20. The SMILES string of the molecule is CC1SCCC1(O)c1ccsn1. The molecule has 1 fully saturated rings. The lowest BCUT2D eigenvalue weighted by atomic mass is 9.94. The molecule has 0 amide bonds. The van der Waals surface area contributed by atoms with Crippen molar-refractivity contribution >= 4 is 23.3 Å². The van der Waals surface area contributed by atoms with E-state index in [2.05, 4.69) is 11.3 Å². The van der Waals surface area contributed by atoms with Gasteiger partial charge in [-0.2, -0.15) is 16.1 Å². The smallest absolute Gasteiger partial charge is 0.120 e. The van der Waals surface area contributed by atoms with Crippen LogP contribution in [-0.2, 0) is 5.60 Å². The summed E-state index contributed by atoms with van der Waals surface area (Å²) in [7, 11) is 0. The van der Waals surface area contributed by atoms with E-state index in [1.165, 1.54) is 11.5 Å². The van der Waals surface area contributed by atoms with Crippen LogP contribution in [0.2, 0.25) is 0 Å². The largest absolute Gasteiger partial charge is 0.382 e. The molecule has 0 aliphatic carbocycles. The van der Waals surface area contributed by atoms with E-state index >= 15 is 0 Å². The second-order valence-corrected chi connectivity index (χ2v) is 5.19. The maximum atomic E-state index is 10.2. The Labute approximate surface area is 80.2 Å². The van der Waals surface area contributed by atoms with Crippen molar-refractivity contribution in [1.82, 2.24) is 4.37 Å². The summed E-state index contributed by atoms with van der Waals surface area (Å²) in [6.07, 6.45) is 0.836. The van der Waals surface area contributed by atoms with Gasteiger partial charge in [-0.25, -0.2) is 0 Å². The molecule has 2 rings (SSSR count). The number of hydrogen-bond donors (Lipinski definition) is 1. The highest BCUT2D eigenvalue weighted by molar-refractivity contribution is 8.00. The van der Waals surface area contributed by atoms with Crippen LogP contribution in [0.15, 0.2) is 11.4 Å². The Balaban J connectivity index is 2.32. The number of rotatable bonds is 1. The highest BCUT2D eigenvalue weighted by Gasteiger charge is 2.41. The van der Waals surface area contributed by atoms with Crippen LogP contribution in [0.4, 0.5) is 0 Å². The first-order valence-corrected chi connectivity index (χ1v) is 5.87. The van der Waals surface area contributed by atoms with E-state index in [0.29, 0.717) is 0 Å². The van der Waals surface area contributed by atoms with Gasteiger partial charge in [0.25, 0.3) is 0 Å². The van der Waals surface area contributed by atoms with Gasteiger partial charge in [0.05, 0.1) is 5.69 Å².